The second-order valence-corrected chi connectivity index (χ2v) is 7.03. The quantitative estimate of drug-likeness (QED) is 0.821. The van der Waals surface area contributed by atoms with Crippen molar-refractivity contribution in [2.75, 3.05) is 27.2 Å². The molecule has 0 radical (unpaired) electrons. The van der Waals surface area contributed by atoms with Crippen LogP contribution in [0.3, 0.4) is 0 Å². The van der Waals surface area contributed by atoms with Gasteiger partial charge in [-0.3, -0.25) is 4.79 Å². The number of urea groups is 1. The van der Waals surface area contributed by atoms with Crippen molar-refractivity contribution in [2.24, 2.45) is 11.3 Å². The molecule has 0 bridgehead atoms. The van der Waals surface area contributed by atoms with E-state index in [1.165, 1.54) is 0 Å². The number of carbonyl (C=O) groups excluding carboxylic acids is 1. The Morgan fingerprint density at radius 3 is 2.52 bits per heavy atom. The lowest BCUT2D eigenvalue weighted by molar-refractivity contribution is -0.148. The van der Waals surface area contributed by atoms with Gasteiger partial charge in [0.15, 0.2) is 0 Å². The molecule has 4 atom stereocenters. The van der Waals surface area contributed by atoms with Gasteiger partial charge >= 0.3 is 12.0 Å². The largest absolute Gasteiger partial charge is 0.481 e. The Bertz CT molecular complexity index is 426. The first kappa shape index (κ1) is 16.1. The number of likely N-dealkylation sites (N-methyl/N-ethyl adjacent to an activating group) is 1. The summed E-state index contributed by atoms with van der Waals surface area (Å²) in [5.74, 6) is -0.383. The van der Waals surface area contributed by atoms with Crippen LogP contribution in [0.2, 0.25) is 0 Å². The third-order valence-corrected chi connectivity index (χ3v) is 5.27. The number of nitrogens with zero attached hydrogens (tertiary/aromatic N) is 2. The van der Waals surface area contributed by atoms with Gasteiger partial charge in [-0.25, -0.2) is 4.79 Å². The van der Waals surface area contributed by atoms with Gasteiger partial charge in [0.1, 0.15) is 0 Å². The molecule has 120 valence electrons. The minimum atomic E-state index is -0.831. The second kappa shape index (κ2) is 5.83. The van der Waals surface area contributed by atoms with E-state index < -0.39 is 11.4 Å². The summed E-state index contributed by atoms with van der Waals surface area (Å²) in [7, 11) is 4.06. The Morgan fingerprint density at radius 1 is 1.33 bits per heavy atom. The van der Waals surface area contributed by atoms with E-state index in [4.69, 9.17) is 0 Å². The molecule has 2 fully saturated rings. The molecule has 1 aliphatic heterocycles. The highest BCUT2D eigenvalue weighted by atomic mass is 16.4. The molecule has 2 rings (SSSR count). The first-order valence-corrected chi connectivity index (χ1v) is 7.71. The normalized spacial score (nSPS) is 36.2. The van der Waals surface area contributed by atoms with Crippen molar-refractivity contribution >= 4 is 12.0 Å². The predicted molar refractivity (Wildman–Crippen MR) is 80.1 cm³/mol. The first-order chi connectivity index (χ1) is 9.75. The third kappa shape index (κ3) is 3.00. The molecule has 1 saturated carbocycles. The summed E-state index contributed by atoms with van der Waals surface area (Å²) in [6, 6.07) is -0.0213. The van der Waals surface area contributed by atoms with E-state index in [0.717, 1.165) is 19.4 Å². The predicted octanol–water partition coefficient (Wildman–Crippen LogP) is 1.22. The van der Waals surface area contributed by atoms with E-state index in [0.29, 0.717) is 24.9 Å². The van der Waals surface area contributed by atoms with Crippen molar-refractivity contribution < 1.29 is 14.7 Å². The summed E-state index contributed by atoms with van der Waals surface area (Å²) < 4.78 is 0. The number of hydrogen-bond acceptors (Lipinski definition) is 3. The Balaban J connectivity index is 1.98. The van der Waals surface area contributed by atoms with Crippen LogP contribution in [0.1, 0.15) is 33.1 Å². The van der Waals surface area contributed by atoms with Gasteiger partial charge in [0.25, 0.3) is 0 Å². The average molecular weight is 297 g/mol. The molecule has 1 aliphatic carbocycles. The van der Waals surface area contributed by atoms with Crippen LogP contribution in [0.15, 0.2) is 0 Å². The zero-order chi connectivity index (χ0) is 15.8. The molecule has 1 heterocycles. The smallest absolute Gasteiger partial charge is 0.317 e. The minimum absolute atomic E-state index is 0.120. The second-order valence-electron chi connectivity index (χ2n) is 7.03. The van der Waals surface area contributed by atoms with Crippen molar-refractivity contribution in [1.82, 2.24) is 15.1 Å². The zero-order valence-electron chi connectivity index (χ0n) is 13.4. The number of amides is 2. The van der Waals surface area contributed by atoms with E-state index in [1.807, 2.05) is 19.0 Å². The van der Waals surface area contributed by atoms with Gasteiger partial charge < -0.3 is 20.2 Å². The maximum Gasteiger partial charge on any atom is 0.317 e. The number of likely N-dealkylation sites (tertiary alicyclic amines) is 1. The lowest BCUT2D eigenvalue weighted by atomic mass is 9.85. The van der Waals surface area contributed by atoms with Crippen LogP contribution in [0, 0.1) is 11.3 Å². The summed E-state index contributed by atoms with van der Waals surface area (Å²) in [5.41, 5.74) is -0.831. The van der Waals surface area contributed by atoms with Crippen LogP contribution in [-0.4, -0.2) is 66.2 Å². The van der Waals surface area contributed by atoms with Crippen LogP contribution in [0.5, 0.6) is 0 Å². The van der Waals surface area contributed by atoms with E-state index in [2.05, 4.69) is 17.1 Å². The zero-order valence-corrected chi connectivity index (χ0v) is 13.4. The van der Waals surface area contributed by atoms with Crippen LogP contribution in [-0.2, 0) is 4.79 Å². The van der Waals surface area contributed by atoms with E-state index >= 15 is 0 Å². The van der Waals surface area contributed by atoms with Gasteiger partial charge in [-0.15, -0.1) is 0 Å². The van der Waals surface area contributed by atoms with Gasteiger partial charge in [0.2, 0.25) is 0 Å². The molecule has 0 aromatic carbocycles. The van der Waals surface area contributed by atoms with Crippen LogP contribution in [0.4, 0.5) is 4.79 Å². The highest BCUT2D eigenvalue weighted by molar-refractivity contribution is 5.79. The third-order valence-electron chi connectivity index (χ3n) is 5.27. The fourth-order valence-electron chi connectivity index (χ4n) is 3.68. The van der Waals surface area contributed by atoms with Crippen molar-refractivity contribution in [1.29, 1.82) is 0 Å². The number of nitrogens with one attached hydrogen (secondary N) is 1. The highest BCUT2D eigenvalue weighted by Gasteiger charge is 2.46. The number of hydrogen-bond donors (Lipinski definition) is 2. The molecule has 6 heteroatoms. The molecule has 2 aliphatic rings. The Kier molecular flexibility index (Phi) is 4.46. The van der Waals surface area contributed by atoms with E-state index in [1.54, 1.807) is 6.92 Å². The van der Waals surface area contributed by atoms with Gasteiger partial charge in [0, 0.05) is 25.2 Å². The molecular weight excluding hydrogens is 270 g/mol. The lowest BCUT2D eigenvalue weighted by Crippen LogP contribution is -2.51. The topological polar surface area (TPSA) is 72.9 Å². The summed E-state index contributed by atoms with van der Waals surface area (Å²) in [4.78, 5) is 27.9. The fraction of sp³-hybridized carbons (Fsp3) is 0.867. The molecule has 6 nitrogen and oxygen atoms in total. The molecule has 2 N–H and O–H groups in total. The van der Waals surface area contributed by atoms with E-state index in [-0.39, 0.29) is 12.1 Å². The standard InChI is InChI=1S/C15H27N3O3/c1-10-8-18(9-11(10)17(3)4)14(21)16-12-6-5-7-15(12,2)13(19)20/h10-12H,5-9H2,1-4H3,(H,16,21)(H,19,20). The van der Waals surface area contributed by atoms with E-state index in [9.17, 15) is 14.7 Å². The van der Waals surface area contributed by atoms with Crippen LogP contribution in [0.25, 0.3) is 0 Å². The number of carbonyl (C=O) groups is 2. The summed E-state index contributed by atoms with van der Waals surface area (Å²) in [5, 5.41) is 12.4. The van der Waals surface area contributed by atoms with Crippen molar-refractivity contribution in [3.63, 3.8) is 0 Å². The van der Waals surface area contributed by atoms with Crippen molar-refractivity contribution in [3.05, 3.63) is 0 Å². The molecule has 0 spiro atoms. The highest BCUT2D eigenvalue weighted by Crippen LogP contribution is 2.38. The molecule has 21 heavy (non-hydrogen) atoms. The number of carboxylic acids is 1. The lowest BCUT2D eigenvalue weighted by Gasteiger charge is -2.30. The SMILES string of the molecule is CC1CN(C(=O)NC2CCCC2(C)C(=O)O)CC1N(C)C. The van der Waals surface area contributed by atoms with Crippen molar-refractivity contribution in [3.8, 4) is 0 Å². The molecule has 0 aromatic heterocycles. The molecule has 4 unspecified atom stereocenters. The Morgan fingerprint density at radius 2 is 2.00 bits per heavy atom. The molecule has 2 amide bonds. The maximum atomic E-state index is 12.4. The average Bonchev–Trinajstić information content (AvgIpc) is 2.95. The van der Waals surface area contributed by atoms with Crippen LogP contribution < -0.4 is 5.32 Å². The number of rotatable bonds is 3. The molecular formula is C15H27N3O3. The van der Waals surface area contributed by atoms with Crippen molar-refractivity contribution in [2.45, 2.75) is 45.2 Å². The first-order valence-electron chi connectivity index (χ1n) is 7.71. The number of carboxylic acid groups (broad SMARTS) is 1. The van der Waals surface area contributed by atoms with Gasteiger partial charge in [0.05, 0.1) is 5.41 Å². The summed E-state index contributed by atoms with van der Waals surface area (Å²) >= 11 is 0. The Hall–Kier alpha value is -1.30. The van der Waals surface area contributed by atoms with Gasteiger partial charge in [-0.2, -0.15) is 0 Å². The molecule has 1 saturated heterocycles. The van der Waals surface area contributed by atoms with Gasteiger partial charge in [-0.05, 0) is 39.8 Å². The maximum absolute atomic E-state index is 12.4. The minimum Gasteiger partial charge on any atom is -0.481 e. The summed E-state index contributed by atoms with van der Waals surface area (Å²) in [6.07, 6.45) is 2.23. The van der Waals surface area contributed by atoms with Gasteiger partial charge in [-0.1, -0.05) is 13.3 Å². The number of aliphatic carboxylic acids is 1. The Labute approximate surface area is 126 Å². The molecule has 0 aromatic rings. The fourth-order valence-corrected chi connectivity index (χ4v) is 3.68. The van der Waals surface area contributed by atoms with Crippen LogP contribution >= 0.6 is 0 Å². The monoisotopic (exact) mass is 297 g/mol. The summed E-state index contributed by atoms with van der Waals surface area (Å²) in [6.45, 7) is 5.32.